The molecule has 0 saturated carbocycles. The molecule has 0 aliphatic rings. The van der Waals surface area contributed by atoms with Gasteiger partial charge >= 0.3 is 0 Å². The van der Waals surface area contributed by atoms with E-state index in [2.05, 4.69) is 4.98 Å². The van der Waals surface area contributed by atoms with Gasteiger partial charge < -0.3 is 0 Å². The first-order valence-electron chi connectivity index (χ1n) is 3.25. The summed E-state index contributed by atoms with van der Waals surface area (Å²) in [5.41, 5.74) is -0.401. The molecule has 1 nitrogen and oxygen atoms in total. The van der Waals surface area contributed by atoms with E-state index in [9.17, 15) is 13.2 Å². The first-order chi connectivity index (χ1) is 6.06. The van der Waals surface area contributed by atoms with Gasteiger partial charge in [-0.25, -0.2) is 13.8 Å². The fourth-order valence-electron chi connectivity index (χ4n) is 0.804. The molecule has 0 unspecified atom stereocenters. The lowest BCUT2D eigenvalue weighted by Gasteiger charge is -2.05. The third-order valence-corrected chi connectivity index (χ3v) is 2.54. The van der Waals surface area contributed by atoms with E-state index in [0.717, 1.165) is 0 Å². The van der Waals surface area contributed by atoms with Crippen molar-refractivity contribution in [2.24, 2.45) is 0 Å². The summed E-state index contributed by atoms with van der Waals surface area (Å²) in [4.78, 5) is 3.29. The van der Waals surface area contributed by atoms with Crippen molar-refractivity contribution in [2.45, 2.75) is 12.3 Å². The number of pyridine rings is 1. The summed E-state index contributed by atoms with van der Waals surface area (Å²) in [6.07, 6.45) is -2.84. The van der Waals surface area contributed by atoms with E-state index in [0.29, 0.717) is 0 Å². The van der Waals surface area contributed by atoms with Crippen LogP contribution < -0.4 is 0 Å². The Kier molecular flexibility index (Phi) is 3.78. The van der Waals surface area contributed by atoms with E-state index >= 15 is 0 Å². The Balaban J connectivity index is 3.23. The Morgan fingerprint density at radius 2 is 2.15 bits per heavy atom. The second-order valence-electron chi connectivity index (χ2n) is 2.23. The summed E-state index contributed by atoms with van der Waals surface area (Å²) in [6, 6.07) is 1.35. The summed E-state index contributed by atoms with van der Waals surface area (Å²) in [7, 11) is 0. The highest BCUT2D eigenvalue weighted by molar-refractivity contribution is 14.1. The fourth-order valence-corrected chi connectivity index (χ4v) is 1.76. The molecule has 0 fully saturated rings. The maximum Gasteiger partial charge on any atom is 0.269 e. The molecule has 1 heterocycles. The van der Waals surface area contributed by atoms with Gasteiger partial charge in [0.25, 0.3) is 6.43 Å². The third-order valence-electron chi connectivity index (χ3n) is 1.37. The smallest absolute Gasteiger partial charge is 0.223 e. The van der Waals surface area contributed by atoms with Crippen molar-refractivity contribution in [3.8, 4) is 0 Å². The predicted molar refractivity (Wildman–Crippen MR) is 51.4 cm³/mol. The van der Waals surface area contributed by atoms with Gasteiger partial charge in [0, 0.05) is 3.57 Å². The molecule has 0 radical (unpaired) electrons. The Bertz CT molecular complexity index is 296. The molecule has 0 amide bonds. The standard InChI is InChI=1S/C7H4ClF3IN/c8-2-3-1-4(12)5(6(9)10)7(11)13-3/h1,6H,2H2. The second kappa shape index (κ2) is 4.45. The average Bonchev–Trinajstić information content (AvgIpc) is 2.02. The van der Waals surface area contributed by atoms with Crippen LogP contribution in [0.3, 0.4) is 0 Å². The van der Waals surface area contributed by atoms with Gasteiger partial charge in [-0.3, -0.25) is 0 Å². The van der Waals surface area contributed by atoms with Gasteiger partial charge in [0.2, 0.25) is 5.95 Å². The Hall–Kier alpha value is -0.0400. The number of rotatable bonds is 2. The van der Waals surface area contributed by atoms with Crippen LogP contribution in [0, 0.1) is 9.52 Å². The predicted octanol–water partition coefficient (Wildman–Crippen LogP) is 3.50. The summed E-state index contributed by atoms with van der Waals surface area (Å²) < 4.78 is 37.5. The monoisotopic (exact) mass is 321 g/mol. The minimum atomic E-state index is -2.84. The summed E-state index contributed by atoms with van der Waals surface area (Å²) in [5.74, 6) is -1.13. The summed E-state index contributed by atoms with van der Waals surface area (Å²) in [6.45, 7) is 0. The van der Waals surface area contributed by atoms with Crippen LogP contribution >= 0.6 is 34.2 Å². The molecular weight excluding hydrogens is 317 g/mol. The molecule has 13 heavy (non-hydrogen) atoms. The highest BCUT2D eigenvalue weighted by Gasteiger charge is 2.19. The van der Waals surface area contributed by atoms with Crippen LogP contribution in [0.4, 0.5) is 13.2 Å². The van der Waals surface area contributed by atoms with E-state index in [1.807, 2.05) is 0 Å². The number of nitrogens with zero attached hydrogens (tertiary/aromatic N) is 1. The molecule has 72 valence electrons. The molecule has 1 aromatic rings. The molecule has 0 spiro atoms. The fraction of sp³-hybridized carbons (Fsp3) is 0.286. The van der Waals surface area contributed by atoms with Gasteiger partial charge in [-0.05, 0) is 28.7 Å². The molecule has 0 aliphatic heterocycles. The van der Waals surface area contributed by atoms with Gasteiger partial charge in [0.15, 0.2) is 0 Å². The van der Waals surface area contributed by atoms with Gasteiger partial charge in [-0.1, -0.05) is 0 Å². The molecule has 0 bridgehead atoms. The minimum absolute atomic E-state index is 0.0104. The molecule has 0 saturated heterocycles. The zero-order valence-corrected chi connectivity index (χ0v) is 9.11. The van der Waals surface area contributed by atoms with Gasteiger partial charge in [0.05, 0.1) is 17.1 Å². The second-order valence-corrected chi connectivity index (χ2v) is 3.66. The number of hydrogen-bond donors (Lipinski definition) is 0. The highest BCUT2D eigenvalue weighted by atomic mass is 127. The van der Waals surface area contributed by atoms with E-state index in [1.54, 1.807) is 22.6 Å². The van der Waals surface area contributed by atoms with Gasteiger partial charge in [-0.2, -0.15) is 4.39 Å². The van der Waals surface area contributed by atoms with Crippen molar-refractivity contribution < 1.29 is 13.2 Å². The van der Waals surface area contributed by atoms with Crippen molar-refractivity contribution in [2.75, 3.05) is 0 Å². The maximum atomic E-state index is 12.9. The van der Waals surface area contributed by atoms with E-state index in [-0.39, 0.29) is 15.1 Å². The largest absolute Gasteiger partial charge is 0.269 e. The molecule has 1 aromatic heterocycles. The normalized spacial score (nSPS) is 10.9. The molecule has 0 N–H and O–H groups in total. The van der Waals surface area contributed by atoms with E-state index < -0.39 is 17.9 Å². The lowest BCUT2D eigenvalue weighted by molar-refractivity contribution is 0.144. The van der Waals surface area contributed by atoms with Gasteiger partial charge in [0.1, 0.15) is 0 Å². The minimum Gasteiger partial charge on any atom is -0.223 e. The van der Waals surface area contributed by atoms with Crippen LogP contribution in [-0.4, -0.2) is 4.98 Å². The Morgan fingerprint density at radius 3 is 2.54 bits per heavy atom. The Labute approximate surface area is 91.4 Å². The van der Waals surface area contributed by atoms with Crippen molar-refractivity contribution in [3.63, 3.8) is 0 Å². The van der Waals surface area contributed by atoms with Crippen LogP contribution in [0.5, 0.6) is 0 Å². The van der Waals surface area contributed by atoms with Crippen LogP contribution in [-0.2, 0) is 5.88 Å². The number of aromatic nitrogens is 1. The molecular formula is C7H4ClF3IN. The molecule has 0 aliphatic carbocycles. The van der Waals surface area contributed by atoms with E-state index in [4.69, 9.17) is 11.6 Å². The lowest BCUT2D eigenvalue weighted by Crippen LogP contribution is -2.01. The number of alkyl halides is 3. The first kappa shape index (κ1) is 11.0. The quantitative estimate of drug-likeness (QED) is 0.461. The van der Waals surface area contributed by atoms with Crippen LogP contribution in [0.2, 0.25) is 0 Å². The lowest BCUT2D eigenvalue weighted by atomic mass is 10.2. The molecule has 0 aromatic carbocycles. The SMILES string of the molecule is Fc1nc(CCl)cc(I)c1C(F)F. The van der Waals surface area contributed by atoms with Crippen LogP contribution in [0.15, 0.2) is 6.07 Å². The van der Waals surface area contributed by atoms with Crippen LogP contribution in [0.1, 0.15) is 17.7 Å². The maximum absolute atomic E-state index is 12.9. The molecule has 6 heteroatoms. The molecule has 0 atom stereocenters. The van der Waals surface area contributed by atoms with Crippen molar-refractivity contribution in [3.05, 3.63) is 26.8 Å². The first-order valence-corrected chi connectivity index (χ1v) is 4.86. The summed E-state index contributed by atoms with van der Waals surface area (Å²) in [5, 5.41) is 0. The highest BCUT2D eigenvalue weighted by Crippen LogP contribution is 2.26. The molecule has 1 rings (SSSR count). The zero-order chi connectivity index (χ0) is 10.0. The number of halogens is 5. The van der Waals surface area contributed by atoms with Crippen molar-refractivity contribution in [1.82, 2.24) is 4.98 Å². The summed E-state index contributed by atoms with van der Waals surface area (Å²) >= 11 is 7.01. The van der Waals surface area contributed by atoms with E-state index in [1.165, 1.54) is 6.07 Å². The Morgan fingerprint density at radius 1 is 1.54 bits per heavy atom. The zero-order valence-electron chi connectivity index (χ0n) is 6.20. The van der Waals surface area contributed by atoms with Crippen molar-refractivity contribution >= 4 is 34.2 Å². The average molecular weight is 321 g/mol. The van der Waals surface area contributed by atoms with Crippen molar-refractivity contribution in [1.29, 1.82) is 0 Å². The van der Waals surface area contributed by atoms with Crippen LogP contribution in [0.25, 0.3) is 0 Å². The third kappa shape index (κ3) is 2.46. The van der Waals surface area contributed by atoms with Gasteiger partial charge in [-0.15, -0.1) is 11.6 Å². The number of hydrogen-bond acceptors (Lipinski definition) is 1. The topological polar surface area (TPSA) is 12.9 Å².